The maximum Gasteiger partial charge on any atom is 0.311 e. The summed E-state index contributed by atoms with van der Waals surface area (Å²) in [6.07, 6.45) is -1.26. The lowest BCUT2D eigenvalue weighted by Gasteiger charge is -2.18. The SMILES string of the molecule is CCOC(=O)CCNC(=O)C(OC(=O)Cc1ccc(OC)cc1)c1ccc(C#N)cc1. The van der Waals surface area contributed by atoms with Gasteiger partial charge in [-0.25, -0.2) is 0 Å². The maximum atomic E-state index is 12.7. The lowest BCUT2D eigenvalue weighted by Crippen LogP contribution is -2.34. The van der Waals surface area contributed by atoms with E-state index in [9.17, 15) is 14.4 Å². The minimum Gasteiger partial charge on any atom is -0.497 e. The molecule has 2 rings (SSSR count). The van der Waals surface area contributed by atoms with Gasteiger partial charge < -0.3 is 19.5 Å². The van der Waals surface area contributed by atoms with Crippen LogP contribution in [-0.2, 0) is 30.3 Å². The Morgan fingerprint density at radius 3 is 2.29 bits per heavy atom. The third-order valence-electron chi connectivity index (χ3n) is 4.27. The van der Waals surface area contributed by atoms with Crippen LogP contribution in [0.5, 0.6) is 5.75 Å². The second-order valence-corrected chi connectivity index (χ2v) is 6.47. The first-order valence-corrected chi connectivity index (χ1v) is 9.72. The summed E-state index contributed by atoms with van der Waals surface area (Å²) >= 11 is 0. The number of rotatable bonds is 10. The highest BCUT2D eigenvalue weighted by atomic mass is 16.5. The predicted molar refractivity (Wildman–Crippen MR) is 111 cm³/mol. The molecule has 1 atom stereocenters. The van der Waals surface area contributed by atoms with Crippen LogP contribution in [0, 0.1) is 11.3 Å². The van der Waals surface area contributed by atoms with Gasteiger partial charge in [0.2, 0.25) is 6.10 Å². The zero-order chi connectivity index (χ0) is 22.6. The van der Waals surface area contributed by atoms with Gasteiger partial charge in [-0.2, -0.15) is 5.26 Å². The lowest BCUT2D eigenvalue weighted by molar-refractivity contribution is -0.156. The number of hydrogen-bond acceptors (Lipinski definition) is 7. The van der Waals surface area contributed by atoms with E-state index >= 15 is 0 Å². The van der Waals surface area contributed by atoms with Crippen molar-refractivity contribution in [2.45, 2.75) is 25.9 Å². The molecule has 2 aromatic rings. The van der Waals surface area contributed by atoms with Crippen LogP contribution in [-0.4, -0.2) is 38.1 Å². The highest BCUT2D eigenvalue weighted by Crippen LogP contribution is 2.20. The van der Waals surface area contributed by atoms with Crippen LogP contribution < -0.4 is 10.1 Å². The molecule has 0 aliphatic rings. The molecule has 0 heterocycles. The maximum absolute atomic E-state index is 12.7. The Hall–Kier alpha value is -3.86. The zero-order valence-electron chi connectivity index (χ0n) is 17.4. The Bertz CT molecular complexity index is 932. The largest absolute Gasteiger partial charge is 0.497 e. The van der Waals surface area contributed by atoms with Gasteiger partial charge in [0.15, 0.2) is 0 Å². The number of benzene rings is 2. The molecule has 162 valence electrons. The van der Waals surface area contributed by atoms with E-state index in [0.29, 0.717) is 22.4 Å². The van der Waals surface area contributed by atoms with Crippen molar-refractivity contribution >= 4 is 17.8 Å². The minimum absolute atomic E-state index is 0.000531. The second-order valence-electron chi connectivity index (χ2n) is 6.47. The van der Waals surface area contributed by atoms with Gasteiger partial charge in [-0.15, -0.1) is 0 Å². The standard InChI is InChI=1S/C23H24N2O6/c1-3-30-20(26)12-13-25-23(28)22(18-8-4-17(15-24)5-9-18)31-21(27)14-16-6-10-19(29-2)11-7-16/h4-11,22H,3,12-14H2,1-2H3,(H,25,28). The van der Waals surface area contributed by atoms with Crippen LogP contribution in [0.2, 0.25) is 0 Å². The number of nitrogens with zero attached hydrogens (tertiary/aromatic N) is 1. The summed E-state index contributed by atoms with van der Waals surface area (Å²) in [7, 11) is 1.55. The molecule has 0 aromatic heterocycles. The van der Waals surface area contributed by atoms with Gasteiger partial charge in [-0.1, -0.05) is 24.3 Å². The number of nitriles is 1. The molecule has 2 aromatic carbocycles. The first-order chi connectivity index (χ1) is 15.0. The van der Waals surface area contributed by atoms with Crippen LogP contribution >= 0.6 is 0 Å². The van der Waals surface area contributed by atoms with Crippen molar-refractivity contribution in [2.24, 2.45) is 0 Å². The topological polar surface area (TPSA) is 115 Å². The fourth-order valence-corrected chi connectivity index (χ4v) is 2.70. The lowest BCUT2D eigenvalue weighted by atomic mass is 10.1. The van der Waals surface area contributed by atoms with E-state index < -0.39 is 23.9 Å². The summed E-state index contributed by atoms with van der Waals surface area (Å²) in [5, 5.41) is 11.6. The third kappa shape index (κ3) is 7.48. The number of carbonyl (C=O) groups is 3. The molecule has 31 heavy (non-hydrogen) atoms. The number of methoxy groups -OCH3 is 1. The van der Waals surface area contributed by atoms with Gasteiger partial charge in [-0.05, 0) is 36.8 Å². The number of esters is 2. The highest BCUT2D eigenvalue weighted by Gasteiger charge is 2.25. The Kier molecular flexibility index (Phi) is 9.05. The van der Waals surface area contributed by atoms with E-state index in [2.05, 4.69) is 5.32 Å². The van der Waals surface area contributed by atoms with Crippen LogP contribution in [0.15, 0.2) is 48.5 Å². The molecule has 0 saturated heterocycles. The van der Waals surface area contributed by atoms with E-state index in [4.69, 9.17) is 19.5 Å². The van der Waals surface area contributed by atoms with Crippen molar-refractivity contribution in [3.05, 3.63) is 65.2 Å². The molecule has 1 amide bonds. The third-order valence-corrected chi connectivity index (χ3v) is 4.27. The molecule has 1 N–H and O–H groups in total. The molecule has 0 aliphatic heterocycles. The smallest absolute Gasteiger partial charge is 0.311 e. The normalized spacial score (nSPS) is 11.0. The molecule has 0 radical (unpaired) electrons. The monoisotopic (exact) mass is 424 g/mol. The van der Waals surface area contributed by atoms with Crippen molar-refractivity contribution in [1.82, 2.24) is 5.32 Å². The number of carbonyl (C=O) groups excluding carboxylic acids is 3. The summed E-state index contributed by atoms with van der Waals surface area (Å²) in [5.41, 5.74) is 1.53. The molecule has 1 unspecified atom stereocenters. The van der Waals surface area contributed by atoms with Crippen molar-refractivity contribution in [1.29, 1.82) is 5.26 Å². The summed E-state index contributed by atoms with van der Waals surface area (Å²) in [4.78, 5) is 36.6. The first kappa shape index (κ1) is 23.4. The first-order valence-electron chi connectivity index (χ1n) is 9.72. The number of hydrogen-bond donors (Lipinski definition) is 1. The molecule has 0 bridgehead atoms. The quantitative estimate of drug-likeness (QED) is 0.583. The molecule has 0 aliphatic carbocycles. The van der Waals surface area contributed by atoms with Crippen LogP contribution in [0.1, 0.15) is 36.1 Å². The number of nitrogens with one attached hydrogen (secondary N) is 1. The summed E-state index contributed by atoms with van der Waals surface area (Å²) in [6.45, 7) is 1.99. The molecule has 8 heteroatoms. The van der Waals surface area contributed by atoms with Crippen molar-refractivity contribution in [3.8, 4) is 11.8 Å². The summed E-state index contributed by atoms with van der Waals surface area (Å²) in [5.74, 6) is -0.945. The number of amides is 1. The summed E-state index contributed by atoms with van der Waals surface area (Å²) < 4.78 is 15.4. The Balaban J connectivity index is 2.08. The van der Waals surface area contributed by atoms with E-state index in [1.165, 1.54) is 12.1 Å². The Morgan fingerprint density at radius 1 is 1.03 bits per heavy atom. The second kappa shape index (κ2) is 12.0. The van der Waals surface area contributed by atoms with Gasteiger partial charge in [0.1, 0.15) is 5.75 Å². The minimum atomic E-state index is -1.22. The molecule has 0 spiro atoms. The molecule has 8 nitrogen and oxygen atoms in total. The molecule has 0 fully saturated rings. The van der Waals surface area contributed by atoms with Gasteiger partial charge in [0.25, 0.3) is 5.91 Å². The van der Waals surface area contributed by atoms with Gasteiger partial charge in [0.05, 0.1) is 38.2 Å². The fourth-order valence-electron chi connectivity index (χ4n) is 2.70. The zero-order valence-corrected chi connectivity index (χ0v) is 17.4. The van der Waals surface area contributed by atoms with Crippen LogP contribution in [0.4, 0.5) is 0 Å². The van der Waals surface area contributed by atoms with Gasteiger partial charge >= 0.3 is 11.9 Å². The highest BCUT2D eigenvalue weighted by molar-refractivity contribution is 5.85. The van der Waals surface area contributed by atoms with E-state index in [-0.39, 0.29) is 26.0 Å². The summed E-state index contributed by atoms with van der Waals surface area (Å²) in [6, 6.07) is 15.1. The van der Waals surface area contributed by atoms with E-state index in [0.717, 1.165) is 0 Å². The molecule has 0 saturated carbocycles. The van der Waals surface area contributed by atoms with E-state index in [1.54, 1.807) is 50.4 Å². The van der Waals surface area contributed by atoms with Crippen LogP contribution in [0.3, 0.4) is 0 Å². The number of ether oxygens (including phenoxy) is 3. The van der Waals surface area contributed by atoms with Crippen molar-refractivity contribution in [3.63, 3.8) is 0 Å². The molecular weight excluding hydrogens is 400 g/mol. The fraction of sp³-hybridized carbons (Fsp3) is 0.304. The Morgan fingerprint density at radius 2 is 1.71 bits per heavy atom. The van der Waals surface area contributed by atoms with Gasteiger partial charge in [0, 0.05) is 12.1 Å². The average Bonchev–Trinajstić information content (AvgIpc) is 2.78. The van der Waals surface area contributed by atoms with E-state index in [1.807, 2.05) is 6.07 Å². The van der Waals surface area contributed by atoms with Crippen molar-refractivity contribution in [2.75, 3.05) is 20.3 Å². The average molecular weight is 424 g/mol. The van der Waals surface area contributed by atoms with Crippen LogP contribution in [0.25, 0.3) is 0 Å². The van der Waals surface area contributed by atoms with Crippen molar-refractivity contribution < 1.29 is 28.6 Å². The van der Waals surface area contributed by atoms with Gasteiger partial charge in [-0.3, -0.25) is 14.4 Å². The molecular formula is C23H24N2O6. The predicted octanol–water partition coefficient (Wildman–Crippen LogP) is 2.46. The Labute approximate surface area is 180 Å².